The molecule has 0 radical (unpaired) electrons. The number of carbonyl (C=O) groups excluding carboxylic acids is 1. The second-order valence-electron chi connectivity index (χ2n) is 6.31. The molecule has 0 bridgehead atoms. The smallest absolute Gasteiger partial charge is 0.251 e. The van der Waals surface area contributed by atoms with E-state index in [4.69, 9.17) is 10.5 Å². The highest BCUT2D eigenvalue weighted by Crippen LogP contribution is 2.30. The predicted molar refractivity (Wildman–Crippen MR) is 106 cm³/mol. The lowest BCUT2D eigenvalue weighted by atomic mass is 10.00. The van der Waals surface area contributed by atoms with Gasteiger partial charge in [-0.3, -0.25) is 4.79 Å². The number of ether oxygens (including phenoxy) is 1. The topological polar surface area (TPSA) is 113 Å². The van der Waals surface area contributed by atoms with E-state index < -0.39 is 0 Å². The summed E-state index contributed by atoms with van der Waals surface area (Å²) in [6.45, 7) is 0.617. The van der Waals surface area contributed by atoms with Crippen molar-refractivity contribution in [3.8, 4) is 17.7 Å². The van der Waals surface area contributed by atoms with Gasteiger partial charge in [0.25, 0.3) is 5.91 Å². The number of amides is 1. The fourth-order valence-corrected chi connectivity index (χ4v) is 3.04. The quantitative estimate of drug-likeness (QED) is 0.648. The molecular formula is C21H17N5O2. The van der Waals surface area contributed by atoms with Crippen LogP contribution in [0, 0.1) is 11.3 Å². The molecule has 1 aliphatic heterocycles. The lowest BCUT2D eigenvalue weighted by molar-refractivity contribution is 0.0946. The van der Waals surface area contributed by atoms with Crippen molar-refractivity contribution >= 4 is 23.1 Å². The van der Waals surface area contributed by atoms with E-state index in [1.807, 2.05) is 30.3 Å². The van der Waals surface area contributed by atoms with Crippen molar-refractivity contribution in [2.45, 2.75) is 6.42 Å². The zero-order valence-corrected chi connectivity index (χ0v) is 14.9. The Balaban J connectivity index is 1.65. The number of benzene rings is 2. The van der Waals surface area contributed by atoms with Crippen molar-refractivity contribution in [1.82, 2.24) is 10.3 Å². The van der Waals surface area contributed by atoms with Crippen molar-refractivity contribution in [1.29, 1.82) is 5.26 Å². The number of pyridine rings is 1. The minimum atomic E-state index is -0.0629. The third-order valence-electron chi connectivity index (χ3n) is 4.39. The van der Waals surface area contributed by atoms with E-state index in [-0.39, 0.29) is 23.0 Å². The number of rotatable bonds is 4. The number of aromatic nitrogens is 1. The average molecular weight is 371 g/mol. The number of fused-ring (bicyclic) bond motifs is 1. The van der Waals surface area contributed by atoms with Gasteiger partial charge >= 0.3 is 0 Å². The lowest BCUT2D eigenvalue weighted by Gasteiger charge is -2.18. The Morgan fingerprint density at radius 2 is 2.00 bits per heavy atom. The van der Waals surface area contributed by atoms with Crippen LogP contribution in [0.3, 0.4) is 0 Å². The number of hydrogen-bond donors (Lipinski definition) is 3. The van der Waals surface area contributed by atoms with Gasteiger partial charge in [0, 0.05) is 23.9 Å². The van der Waals surface area contributed by atoms with Crippen LogP contribution in [0.4, 0.5) is 17.2 Å². The Morgan fingerprint density at radius 1 is 1.18 bits per heavy atom. The van der Waals surface area contributed by atoms with Gasteiger partial charge in [0.2, 0.25) is 5.88 Å². The van der Waals surface area contributed by atoms with Crippen LogP contribution in [0.15, 0.2) is 54.6 Å². The van der Waals surface area contributed by atoms with Crippen molar-refractivity contribution in [2.24, 2.45) is 0 Å². The first kappa shape index (κ1) is 17.4. The minimum absolute atomic E-state index is 0.0629. The first-order valence-electron chi connectivity index (χ1n) is 8.76. The molecule has 0 fully saturated rings. The Hall–Kier alpha value is -4.05. The number of anilines is 3. The van der Waals surface area contributed by atoms with Gasteiger partial charge in [-0.2, -0.15) is 10.2 Å². The number of nitrogens with zero attached hydrogens (tertiary/aromatic N) is 2. The summed E-state index contributed by atoms with van der Waals surface area (Å²) in [5.41, 5.74) is 8.90. The first-order chi connectivity index (χ1) is 13.6. The van der Waals surface area contributed by atoms with Crippen molar-refractivity contribution in [2.75, 3.05) is 17.6 Å². The van der Waals surface area contributed by atoms with Gasteiger partial charge in [-0.05, 0) is 42.3 Å². The van der Waals surface area contributed by atoms with Crippen LogP contribution in [0.1, 0.15) is 21.5 Å². The second-order valence-corrected chi connectivity index (χ2v) is 6.31. The average Bonchev–Trinajstić information content (AvgIpc) is 2.69. The van der Waals surface area contributed by atoms with Gasteiger partial charge in [-0.1, -0.05) is 18.2 Å². The third kappa shape index (κ3) is 3.44. The van der Waals surface area contributed by atoms with E-state index >= 15 is 0 Å². The largest absolute Gasteiger partial charge is 0.438 e. The molecule has 2 heterocycles. The molecule has 1 aromatic heterocycles. The van der Waals surface area contributed by atoms with Gasteiger partial charge in [-0.25, -0.2) is 0 Å². The third-order valence-corrected chi connectivity index (χ3v) is 4.39. The monoisotopic (exact) mass is 371 g/mol. The molecule has 0 spiro atoms. The van der Waals surface area contributed by atoms with E-state index in [9.17, 15) is 10.1 Å². The fourth-order valence-electron chi connectivity index (χ4n) is 3.04. The van der Waals surface area contributed by atoms with Crippen molar-refractivity contribution in [3.05, 3.63) is 71.3 Å². The maximum Gasteiger partial charge on any atom is 0.251 e. The summed E-state index contributed by atoms with van der Waals surface area (Å²) < 4.78 is 5.76. The van der Waals surface area contributed by atoms with Crippen LogP contribution in [-0.2, 0) is 6.42 Å². The normalized spacial score (nSPS) is 12.5. The van der Waals surface area contributed by atoms with Crippen LogP contribution in [-0.4, -0.2) is 17.4 Å². The van der Waals surface area contributed by atoms with Crippen LogP contribution >= 0.6 is 0 Å². The van der Waals surface area contributed by atoms with Crippen LogP contribution < -0.4 is 21.1 Å². The zero-order chi connectivity index (χ0) is 19.5. The maximum absolute atomic E-state index is 11.9. The summed E-state index contributed by atoms with van der Waals surface area (Å²) in [5, 5.41) is 15.4. The molecule has 7 nitrogen and oxygen atoms in total. The molecule has 0 atom stereocenters. The number of para-hydroxylation sites is 1. The number of nitriles is 1. The number of hydrogen-bond acceptors (Lipinski definition) is 6. The Labute approximate surface area is 161 Å². The Morgan fingerprint density at radius 3 is 2.79 bits per heavy atom. The Bertz CT molecular complexity index is 1090. The van der Waals surface area contributed by atoms with E-state index in [1.165, 1.54) is 0 Å². The molecule has 0 saturated carbocycles. The van der Waals surface area contributed by atoms with E-state index in [1.54, 1.807) is 30.3 Å². The molecule has 28 heavy (non-hydrogen) atoms. The van der Waals surface area contributed by atoms with E-state index in [2.05, 4.69) is 15.6 Å². The molecule has 4 N–H and O–H groups in total. The summed E-state index contributed by atoms with van der Waals surface area (Å²) in [6, 6.07) is 18.2. The molecule has 3 aromatic rings. The van der Waals surface area contributed by atoms with Gasteiger partial charge in [0.05, 0.1) is 5.69 Å². The summed E-state index contributed by atoms with van der Waals surface area (Å²) in [7, 11) is 0. The summed E-state index contributed by atoms with van der Waals surface area (Å²) >= 11 is 0. The van der Waals surface area contributed by atoms with Gasteiger partial charge < -0.3 is 21.1 Å². The van der Waals surface area contributed by atoms with Crippen LogP contribution in [0.2, 0.25) is 0 Å². The first-order valence-corrected chi connectivity index (χ1v) is 8.76. The summed E-state index contributed by atoms with van der Waals surface area (Å²) in [6.07, 6.45) is 0.766. The van der Waals surface area contributed by atoms with Gasteiger partial charge in [-0.15, -0.1) is 0 Å². The predicted octanol–water partition coefficient (Wildman–Crippen LogP) is 3.36. The molecule has 2 aromatic carbocycles. The molecule has 1 aliphatic rings. The Kier molecular flexibility index (Phi) is 4.52. The zero-order valence-electron chi connectivity index (χ0n) is 14.9. The van der Waals surface area contributed by atoms with Gasteiger partial charge in [0.1, 0.15) is 23.2 Å². The maximum atomic E-state index is 11.9. The molecular weight excluding hydrogens is 354 g/mol. The summed E-state index contributed by atoms with van der Waals surface area (Å²) in [4.78, 5) is 16.3. The highest BCUT2D eigenvalue weighted by Gasteiger charge is 2.17. The molecule has 4 rings (SSSR count). The van der Waals surface area contributed by atoms with Gasteiger partial charge in [0.15, 0.2) is 0 Å². The molecule has 1 amide bonds. The van der Waals surface area contributed by atoms with E-state index in [0.717, 1.165) is 17.7 Å². The number of carbonyl (C=O) groups is 1. The van der Waals surface area contributed by atoms with Crippen LogP contribution in [0.25, 0.3) is 0 Å². The molecule has 0 unspecified atom stereocenters. The van der Waals surface area contributed by atoms with Crippen molar-refractivity contribution in [3.63, 3.8) is 0 Å². The fraction of sp³-hybridized carbons (Fsp3) is 0.0952. The van der Waals surface area contributed by atoms with E-state index in [0.29, 0.717) is 23.7 Å². The second kappa shape index (κ2) is 7.29. The molecule has 0 saturated heterocycles. The number of nitrogens with two attached hydrogens (primary N) is 1. The molecule has 7 heteroatoms. The SMILES string of the molecule is N#Cc1c(N)cc(Nc2ccc3c(c2)CCNC3=O)nc1Oc1ccccc1. The molecule has 0 aliphatic carbocycles. The highest BCUT2D eigenvalue weighted by atomic mass is 16.5. The lowest BCUT2D eigenvalue weighted by Crippen LogP contribution is -2.31. The van der Waals surface area contributed by atoms with Crippen molar-refractivity contribution < 1.29 is 9.53 Å². The summed E-state index contributed by atoms with van der Waals surface area (Å²) in [5.74, 6) is 1.08. The number of nitrogen functional groups attached to an aromatic ring is 1. The minimum Gasteiger partial charge on any atom is -0.438 e. The standard InChI is InChI=1S/C21H17N5O2/c22-12-17-18(23)11-19(26-21(17)28-15-4-2-1-3-5-15)25-14-6-7-16-13(10-14)8-9-24-20(16)27/h1-7,10-11H,8-9H2,(H,24,27)(H3,23,25,26). The highest BCUT2D eigenvalue weighted by molar-refractivity contribution is 5.97. The number of nitrogens with one attached hydrogen (secondary N) is 2. The molecule has 138 valence electrons. The van der Waals surface area contributed by atoms with Crippen LogP contribution in [0.5, 0.6) is 11.6 Å².